The largest absolute Gasteiger partial charge is 0.476 e. The molecule has 2 N–H and O–H groups in total. The van der Waals surface area contributed by atoms with Gasteiger partial charge in [0.15, 0.2) is 5.69 Å². The zero-order chi connectivity index (χ0) is 10.7. The number of rotatable bonds is 3. The summed E-state index contributed by atoms with van der Waals surface area (Å²) < 4.78 is 1.35. The van der Waals surface area contributed by atoms with E-state index in [1.165, 1.54) is 17.8 Å². The second-order valence-corrected chi connectivity index (χ2v) is 2.61. The maximum atomic E-state index is 11.3. The second kappa shape index (κ2) is 3.91. The van der Waals surface area contributed by atoms with Crippen molar-refractivity contribution in [2.45, 2.75) is 13.5 Å². The molecule has 0 aliphatic heterocycles. The monoisotopic (exact) mass is 197 g/mol. The van der Waals surface area contributed by atoms with Crippen molar-refractivity contribution in [3.05, 3.63) is 17.5 Å². The maximum Gasteiger partial charge on any atom is 0.356 e. The molecule has 0 aromatic carbocycles. The number of amides is 1. The molecule has 0 bridgehead atoms. The van der Waals surface area contributed by atoms with E-state index in [0.717, 1.165) is 0 Å². The van der Waals surface area contributed by atoms with Crippen LogP contribution < -0.4 is 5.32 Å². The van der Waals surface area contributed by atoms with E-state index in [9.17, 15) is 9.59 Å². The Balaban J connectivity index is 3.15. The number of aryl methyl sites for hydroxylation is 1. The molecule has 6 heteroatoms. The Labute approximate surface area is 80.5 Å². The fraction of sp³-hybridized carbons (Fsp3) is 0.375. The number of nitrogens with zero attached hydrogens (tertiary/aromatic N) is 2. The minimum absolute atomic E-state index is 0.120. The third-order valence-corrected chi connectivity index (χ3v) is 1.76. The second-order valence-electron chi connectivity index (χ2n) is 2.61. The van der Waals surface area contributed by atoms with E-state index in [1.807, 2.05) is 0 Å². The molecular formula is C8H11N3O3. The number of nitrogens with one attached hydrogen (secondary N) is 1. The molecule has 0 spiro atoms. The van der Waals surface area contributed by atoms with E-state index in [4.69, 9.17) is 5.11 Å². The number of hydrogen-bond acceptors (Lipinski definition) is 3. The van der Waals surface area contributed by atoms with Crippen molar-refractivity contribution in [1.82, 2.24) is 15.1 Å². The zero-order valence-corrected chi connectivity index (χ0v) is 7.94. The minimum Gasteiger partial charge on any atom is -0.476 e. The molecule has 0 aliphatic rings. The van der Waals surface area contributed by atoms with Crippen LogP contribution in [0.3, 0.4) is 0 Å². The lowest BCUT2D eigenvalue weighted by atomic mass is 10.3. The van der Waals surface area contributed by atoms with Gasteiger partial charge in [0.1, 0.15) is 5.69 Å². The summed E-state index contributed by atoms with van der Waals surface area (Å²) in [5.41, 5.74) is 0.137. The summed E-state index contributed by atoms with van der Waals surface area (Å²) in [5, 5.41) is 14.8. The first-order chi connectivity index (χ1) is 6.60. The molecule has 0 fully saturated rings. The van der Waals surface area contributed by atoms with Crippen LogP contribution in [0.1, 0.15) is 27.9 Å². The topological polar surface area (TPSA) is 84.2 Å². The van der Waals surface area contributed by atoms with Crippen molar-refractivity contribution in [2.75, 3.05) is 7.05 Å². The molecule has 1 amide bonds. The number of aromatic carboxylic acids is 1. The fourth-order valence-corrected chi connectivity index (χ4v) is 1.07. The van der Waals surface area contributed by atoms with Gasteiger partial charge in [-0.3, -0.25) is 9.48 Å². The van der Waals surface area contributed by atoms with Crippen LogP contribution in [0.4, 0.5) is 0 Å². The molecule has 0 saturated heterocycles. The highest BCUT2D eigenvalue weighted by atomic mass is 16.4. The van der Waals surface area contributed by atoms with E-state index in [1.54, 1.807) is 6.92 Å². The molecule has 1 rings (SSSR count). The van der Waals surface area contributed by atoms with Crippen molar-refractivity contribution < 1.29 is 14.7 Å². The number of aromatic nitrogens is 2. The van der Waals surface area contributed by atoms with Gasteiger partial charge in [-0.1, -0.05) is 0 Å². The summed E-state index contributed by atoms with van der Waals surface area (Å²) in [5.74, 6) is -1.48. The highest BCUT2D eigenvalue weighted by Crippen LogP contribution is 2.04. The summed E-state index contributed by atoms with van der Waals surface area (Å²) in [6, 6.07) is 1.25. The van der Waals surface area contributed by atoms with E-state index in [-0.39, 0.29) is 17.3 Å². The van der Waals surface area contributed by atoms with Crippen molar-refractivity contribution in [1.29, 1.82) is 0 Å². The molecule has 0 unspecified atom stereocenters. The molecule has 1 aromatic heterocycles. The number of carboxylic acid groups (broad SMARTS) is 1. The van der Waals surface area contributed by atoms with Gasteiger partial charge in [-0.05, 0) is 6.92 Å². The third kappa shape index (κ3) is 1.73. The lowest BCUT2D eigenvalue weighted by Crippen LogP contribution is -2.21. The van der Waals surface area contributed by atoms with Crippen LogP contribution in [0, 0.1) is 0 Å². The SMILES string of the molecule is CCn1nc(C(=O)O)cc1C(=O)NC. The van der Waals surface area contributed by atoms with Gasteiger partial charge >= 0.3 is 5.97 Å². The van der Waals surface area contributed by atoms with Crippen LogP contribution in [-0.4, -0.2) is 33.8 Å². The molecule has 76 valence electrons. The smallest absolute Gasteiger partial charge is 0.356 e. The molecule has 0 saturated carbocycles. The van der Waals surface area contributed by atoms with Crippen LogP contribution in [0.25, 0.3) is 0 Å². The van der Waals surface area contributed by atoms with Gasteiger partial charge < -0.3 is 10.4 Å². The normalized spacial score (nSPS) is 9.86. The molecular weight excluding hydrogens is 186 g/mol. The van der Waals surface area contributed by atoms with Crippen molar-refractivity contribution in [3.8, 4) is 0 Å². The van der Waals surface area contributed by atoms with Gasteiger partial charge in [0, 0.05) is 19.7 Å². The van der Waals surface area contributed by atoms with Crippen molar-refractivity contribution in [2.24, 2.45) is 0 Å². The Morgan fingerprint density at radius 2 is 2.29 bits per heavy atom. The van der Waals surface area contributed by atoms with E-state index in [2.05, 4.69) is 10.4 Å². The summed E-state index contributed by atoms with van der Waals surface area (Å²) >= 11 is 0. The quantitative estimate of drug-likeness (QED) is 0.712. The Hall–Kier alpha value is -1.85. The molecule has 0 radical (unpaired) electrons. The predicted molar refractivity (Wildman–Crippen MR) is 48.3 cm³/mol. The molecule has 1 heterocycles. The molecule has 0 atom stereocenters. The van der Waals surface area contributed by atoms with Crippen LogP contribution in [0.5, 0.6) is 0 Å². The summed E-state index contributed by atoms with van der Waals surface area (Å²) in [7, 11) is 1.48. The van der Waals surface area contributed by atoms with E-state index < -0.39 is 5.97 Å². The standard InChI is InChI=1S/C8H11N3O3/c1-3-11-6(7(12)9-2)4-5(10-11)8(13)14/h4H,3H2,1-2H3,(H,9,12)(H,13,14). The minimum atomic E-state index is -1.14. The molecule has 14 heavy (non-hydrogen) atoms. The first kappa shape index (κ1) is 10.2. The van der Waals surface area contributed by atoms with Gasteiger partial charge in [-0.2, -0.15) is 5.10 Å². The first-order valence-electron chi connectivity index (χ1n) is 4.13. The number of carboxylic acids is 1. The van der Waals surface area contributed by atoms with Gasteiger partial charge in [0.25, 0.3) is 5.91 Å². The fourth-order valence-electron chi connectivity index (χ4n) is 1.07. The molecule has 0 aliphatic carbocycles. The number of carbonyl (C=O) groups excluding carboxylic acids is 1. The van der Waals surface area contributed by atoms with Crippen LogP contribution in [0.15, 0.2) is 6.07 Å². The lowest BCUT2D eigenvalue weighted by Gasteiger charge is -2.01. The Morgan fingerprint density at radius 1 is 1.64 bits per heavy atom. The maximum absolute atomic E-state index is 11.3. The van der Waals surface area contributed by atoms with Crippen LogP contribution in [-0.2, 0) is 6.54 Å². The lowest BCUT2D eigenvalue weighted by molar-refractivity contribution is 0.0689. The predicted octanol–water partition coefficient (Wildman–Crippen LogP) is -0.0392. The average molecular weight is 197 g/mol. The van der Waals surface area contributed by atoms with Gasteiger partial charge in [-0.25, -0.2) is 4.79 Å². The summed E-state index contributed by atoms with van der Waals surface area (Å²) in [6.45, 7) is 2.24. The Kier molecular flexibility index (Phi) is 2.85. The van der Waals surface area contributed by atoms with E-state index >= 15 is 0 Å². The number of carbonyl (C=O) groups is 2. The summed E-state index contributed by atoms with van der Waals surface area (Å²) in [6.07, 6.45) is 0. The van der Waals surface area contributed by atoms with Crippen LogP contribution in [0.2, 0.25) is 0 Å². The first-order valence-corrected chi connectivity index (χ1v) is 4.13. The number of hydrogen-bond donors (Lipinski definition) is 2. The molecule has 6 nitrogen and oxygen atoms in total. The van der Waals surface area contributed by atoms with Crippen LogP contribution >= 0.6 is 0 Å². The van der Waals surface area contributed by atoms with Gasteiger partial charge in [0.2, 0.25) is 0 Å². The van der Waals surface area contributed by atoms with Crippen molar-refractivity contribution in [3.63, 3.8) is 0 Å². The van der Waals surface area contributed by atoms with Gasteiger partial charge in [0.05, 0.1) is 0 Å². The molecule has 1 aromatic rings. The highest BCUT2D eigenvalue weighted by Gasteiger charge is 2.16. The zero-order valence-electron chi connectivity index (χ0n) is 7.94. The van der Waals surface area contributed by atoms with E-state index in [0.29, 0.717) is 6.54 Å². The average Bonchev–Trinajstić information content (AvgIpc) is 2.60. The highest BCUT2D eigenvalue weighted by molar-refractivity contribution is 5.95. The Bertz CT molecular complexity index is 370. The van der Waals surface area contributed by atoms with Gasteiger partial charge in [-0.15, -0.1) is 0 Å². The Morgan fingerprint density at radius 3 is 2.71 bits per heavy atom. The third-order valence-electron chi connectivity index (χ3n) is 1.76. The van der Waals surface area contributed by atoms with Crippen molar-refractivity contribution >= 4 is 11.9 Å². The summed E-state index contributed by atoms with van der Waals surface area (Å²) in [4.78, 5) is 21.9.